The molecular weight excluding hydrogens is 372 g/mol. The van der Waals surface area contributed by atoms with Crippen LogP contribution < -0.4 is 0 Å². The summed E-state index contributed by atoms with van der Waals surface area (Å²) in [5, 5.41) is 9.86. The molecule has 0 aromatic heterocycles. The van der Waals surface area contributed by atoms with Crippen LogP contribution in [0.25, 0.3) is 0 Å². The average Bonchev–Trinajstić information content (AvgIpc) is 3.09. The highest BCUT2D eigenvalue weighted by molar-refractivity contribution is 5.70. The summed E-state index contributed by atoms with van der Waals surface area (Å²) in [6.07, 6.45) is 7.97. The van der Waals surface area contributed by atoms with E-state index in [2.05, 4.69) is 25.1 Å². The van der Waals surface area contributed by atoms with Gasteiger partial charge in [-0.25, -0.2) is 0 Å². The van der Waals surface area contributed by atoms with Crippen LogP contribution in [0.1, 0.15) is 68.1 Å². The van der Waals surface area contributed by atoms with E-state index in [1.54, 1.807) is 0 Å². The van der Waals surface area contributed by atoms with Gasteiger partial charge in [0.25, 0.3) is 0 Å². The van der Waals surface area contributed by atoms with Crippen LogP contribution in [0, 0.1) is 17.3 Å². The third-order valence-corrected chi connectivity index (χ3v) is 8.36. The Balaban J connectivity index is 1.26. The Morgan fingerprint density at radius 3 is 2.77 bits per heavy atom. The first-order chi connectivity index (χ1) is 14.5. The first-order valence-corrected chi connectivity index (χ1v) is 11.6. The highest BCUT2D eigenvalue weighted by atomic mass is 16.5. The van der Waals surface area contributed by atoms with Crippen LogP contribution in [-0.2, 0) is 22.4 Å². The molecule has 0 bridgehead atoms. The van der Waals surface area contributed by atoms with Crippen molar-refractivity contribution in [1.82, 2.24) is 0 Å². The predicted octanol–water partition coefficient (Wildman–Crippen LogP) is 5.79. The number of phenols is 1. The molecule has 3 aliphatic carbocycles. The monoisotopic (exact) mass is 404 g/mol. The van der Waals surface area contributed by atoms with Gasteiger partial charge in [-0.3, -0.25) is 4.79 Å². The number of benzene rings is 2. The number of fused-ring (bicyclic) bond motifs is 5. The molecule has 3 heteroatoms. The van der Waals surface area contributed by atoms with Gasteiger partial charge in [-0.2, -0.15) is 0 Å². The molecule has 0 spiro atoms. The quantitative estimate of drug-likeness (QED) is 0.656. The first kappa shape index (κ1) is 19.7. The van der Waals surface area contributed by atoms with E-state index in [0.717, 1.165) is 32.1 Å². The molecule has 2 aromatic rings. The van der Waals surface area contributed by atoms with E-state index in [9.17, 15) is 9.90 Å². The molecule has 30 heavy (non-hydrogen) atoms. The van der Waals surface area contributed by atoms with Gasteiger partial charge in [0.1, 0.15) is 11.9 Å². The fourth-order valence-corrected chi connectivity index (χ4v) is 6.82. The summed E-state index contributed by atoms with van der Waals surface area (Å²) in [6, 6.07) is 16.2. The molecule has 0 radical (unpaired) electrons. The van der Waals surface area contributed by atoms with Gasteiger partial charge in [0.15, 0.2) is 0 Å². The van der Waals surface area contributed by atoms with Crippen molar-refractivity contribution in [2.45, 2.75) is 70.3 Å². The summed E-state index contributed by atoms with van der Waals surface area (Å²) >= 11 is 0. The number of ether oxygens (including phenoxy) is 1. The van der Waals surface area contributed by atoms with Crippen molar-refractivity contribution in [3.8, 4) is 5.75 Å². The number of hydrogen-bond donors (Lipinski definition) is 1. The third-order valence-electron chi connectivity index (χ3n) is 8.36. The number of phenolic OH excluding ortho intramolecular Hbond substituents is 1. The Kier molecular flexibility index (Phi) is 5.08. The van der Waals surface area contributed by atoms with Crippen molar-refractivity contribution in [1.29, 1.82) is 0 Å². The Bertz CT molecular complexity index is 921. The topological polar surface area (TPSA) is 46.5 Å². The zero-order valence-electron chi connectivity index (χ0n) is 17.8. The van der Waals surface area contributed by atoms with E-state index < -0.39 is 0 Å². The average molecular weight is 405 g/mol. The van der Waals surface area contributed by atoms with E-state index in [4.69, 9.17) is 4.74 Å². The van der Waals surface area contributed by atoms with Crippen molar-refractivity contribution in [2.24, 2.45) is 17.3 Å². The molecular formula is C27H32O3. The maximum absolute atomic E-state index is 12.6. The minimum atomic E-state index is -0.0442. The summed E-state index contributed by atoms with van der Waals surface area (Å²) in [4.78, 5) is 12.6. The summed E-state index contributed by atoms with van der Waals surface area (Å²) in [7, 11) is 0. The number of esters is 1. The van der Waals surface area contributed by atoms with Gasteiger partial charge in [0.05, 0.1) is 0 Å². The summed E-state index contributed by atoms with van der Waals surface area (Å²) in [5.41, 5.74) is 4.09. The molecule has 5 rings (SSSR count). The van der Waals surface area contributed by atoms with E-state index in [-0.39, 0.29) is 17.5 Å². The molecule has 5 atom stereocenters. The van der Waals surface area contributed by atoms with Gasteiger partial charge < -0.3 is 9.84 Å². The number of rotatable bonds is 4. The van der Waals surface area contributed by atoms with Crippen LogP contribution >= 0.6 is 0 Å². The standard InChI is InChI=1S/C27H32O3/c1-27-16-15-22-21-11-9-20(28)17-19(21)8-10-23(22)24(27)12-13-25(27)30-26(29)14-7-18-5-3-2-4-6-18/h2-6,9,11,17,22-25,28H,7-8,10,12-16H2,1H3/t22-,23+,24+,25+,27+/m1/s1. The van der Waals surface area contributed by atoms with E-state index in [1.807, 2.05) is 30.3 Å². The lowest BCUT2D eigenvalue weighted by atomic mass is 9.55. The molecule has 3 aliphatic rings. The number of carbonyl (C=O) groups excluding carboxylic acids is 1. The maximum Gasteiger partial charge on any atom is 0.306 e. The van der Waals surface area contributed by atoms with Crippen molar-refractivity contribution in [3.63, 3.8) is 0 Å². The minimum Gasteiger partial charge on any atom is -0.508 e. The highest BCUT2D eigenvalue weighted by Crippen LogP contribution is 2.61. The number of aryl methyl sites for hydroxylation is 2. The predicted molar refractivity (Wildman–Crippen MR) is 117 cm³/mol. The van der Waals surface area contributed by atoms with Crippen molar-refractivity contribution in [2.75, 3.05) is 0 Å². The second-order valence-electron chi connectivity index (χ2n) is 9.88. The molecule has 3 nitrogen and oxygen atoms in total. The van der Waals surface area contributed by atoms with Gasteiger partial charge in [0.2, 0.25) is 0 Å². The fourth-order valence-electron chi connectivity index (χ4n) is 6.82. The van der Waals surface area contributed by atoms with Crippen LogP contribution in [0.4, 0.5) is 0 Å². The molecule has 0 amide bonds. The Hall–Kier alpha value is -2.29. The van der Waals surface area contributed by atoms with Crippen LogP contribution in [0.15, 0.2) is 48.5 Å². The molecule has 0 saturated heterocycles. The largest absolute Gasteiger partial charge is 0.508 e. The molecule has 2 saturated carbocycles. The molecule has 2 aromatic carbocycles. The zero-order chi connectivity index (χ0) is 20.7. The van der Waals surface area contributed by atoms with Gasteiger partial charge in [-0.15, -0.1) is 0 Å². The number of aromatic hydroxyl groups is 1. The SMILES string of the molecule is C[C@]12CC[C@@H]3c4ccc(O)cc4CC[C@@H]3[C@@H]1CC[C@@H]2OC(=O)CCc1ccccc1. The molecule has 1 N–H and O–H groups in total. The summed E-state index contributed by atoms with van der Waals surface area (Å²) in [5.74, 6) is 2.24. The first-order valence-electron chi connectivity index (χ1n) is 11.6. The van der Waals surface area contributed by atoms with Crippen LogP contribution in [0.3, 0.4) is 0 Å². The van der Waals surface area contributed by atoms with Crippen molar-refractivity contribution >= 4 is 5.97 Å². The fraction of sp³-hybridized carbons (Fsp3) is 0.519. The Morgan fingerprint density at radius 1 is 1.10 bits per heavy atom. The van der Waals surface area contributed by atoms with E-state index in [1.165, 1.54) is 29.5 Å². The lowest BCUT2D eigenvalue weighted by Crippen LogP contribution is -2.45. The smallest absolute Gasteiger partial charge is 0.306 e. The van der Waals surface area contributed by atoms with Crippen molar-refractivity contribution in [3.05, 3.63) is 65.2 Å². The molecule has 158 valence electrons. The second-order valence-corrected chi connectivity index (χ2v) is 9.88. The molecule has 0 aliphatic heterocycles. The minimum absolute atomic E-state index is 0.0442. The molecule has 0 unspecified atom stereocenters. The highest BCUT2D eigenvalue weighted by Gasteiger charge is 2.56. The zero-order valence-corrected chi connectivity index (χ0v) is 17.8. The van der Waals surface area contributed by atoms with Gasteiger partial charge in [-0.05, 0) is 91.5 Å². The van der Waals surface area contributed by atoms with Gasteiger partial charge in [-0.1, -0.05) is 43.3 Å². The summed E-state index contributed by atoms with van der Waals surface area (Å²) < 4.78 is 6.10. The Morgan fingerprint density at radius 2 is 1.93 bits per heavy atom. The van der Waals surface area contributed by atoms with Crippen LogP contribution in [0.5, 0.6) is 5.75 Å². The number of hydrogen-bond acceptors (Lipinski definition) is 3. The van der Waals surface area contributed by atoms with E-state index in [0.29, 0.717) is 29.9 Å². The third kappa shape index (κ3) is 3.42. The lowest BCUT2D eigenvalue weighted by Gasteiger charge is -2.50. The summed E-state index contributed by atoms with van der Waals surface area (Å²) in [6.45, 7) is 2.38. The molecule has 2 fully saturated rings. The normalized spacial score (nSPS) is 32.0. The van der Waals surface area contributed by atoms with Gasteiger partial charge >= 0.3 is 5.97 Å². The second kappa shape index (κ2) is 7.76. The maximum atomic E-state index is 12.6. The van der Waals surface area contributed by atoms with Crippen LogP contribution in [-0.4, -0.2) is 17.2 Å². The van der Waals surface area contributed by atoms with Gasteiger partial charge in [0, 0.05) is 11.8 Å². The Labute approximate surface area is 179 Å². The van der Waals surface area contributed by atoms with E-state index >= 15 is 0 Å². The van der Waals surface area contributed by atoms with Crippen molar-refractivity contribution < 1.29 is 14.6 Å². The molecule has 0 heterocycles. The van der Waals surface area contributed by atoms with Crippen LogP contribution in [0.2, 0.25) is 0 Å². The number of carbonyl (C=O) groups is 1. The lowest BCUT2D eigenvalue weighted by molar-refractivity contribution is -0.157.